The molecule has 5 heteroatoms. The van der Waals surface area contributed by atoms with Gasteiger partial charge in [0.25, 0.3) is 0 Å². The Morgan fingerprint density at radius 2 is 0.933 bits per heavy atom. The molecule has 0 saturated carbocycles. The molecular formula is C55H43N5. The average molecular weight is 774 g/mol. The van der Waals surface area contributed by atoms with Gasteiger partial charge in [0.05, 0.1) is 22.1 Å². The minimum absolute atomic E-state index is 0.0707. The van der Waals surface area contributed by atoms with Gasteiger partial charge in [0.2, 0.25) is 5.95 Å². The van der Waals surface area contributed by atoms with Gasteiger partial charge in [0.1, 0.15) is 0 Å². The molecule has 0 spiro atoms. The molecule has 3 aromatic heterocycles. The number of nitrogens with zero attached hydrogens (tertiary/aromatic N) is 5. The van der Waals surface area contributed by atoms with E-state index in [9.17, 15) is 0 Å². The highest BCUT2D eigenvalue weighted by atomic mass is 15.2. The van der Waals surface area contributed by atoms with Crippen LogP contribution in [0.15, 0.2) is 164 Å². The fourth-order valence-corrected chi connectivity index (χ4v) is 10.1. The maximum absolute atomic E-state index is 5.45. The summed E-state index contributed by atoms with van der Waals surface area (Å²) in [6.45, 7) is 9.67. The van der Waals surface area contributed by atoms with Crippen LogP contribution in [-0.4, -0.2) is 24.1 Å². The summed E-state index contributed by atoms with van der Waals surface area (Å²) in [7, 11) is 0. The minimum Gasteiger partial charge on any atom is -0.309 e. The normalized spacial score (nSPS) is 14.8. The van der Waals surface area contributed by atoms with Crippen molar-refractivity contribution >= 4 is 65.2 Å². The molecule has 0 bridgehead atoms. The monoisotopic (exact) mass is 773 g/mol. The van der Waals surface area contributed by atoms with E-state index in [4.69, 9.17) is 15.0 Å². The molecule has 1 aliphatic rings. The van der Waals surface area contributed by atoms with Crippen molar-refractivity contribution in [1.82, 2.24) is 24.1 Å². The van der Waals surface area contributed by atoms with Gasteiger partial charge in [0, 0.05) is 38.4 Å². The molecule has 8 aromatic carbocycles. The quantitative estimate of drug-likeness (QED) is 0.167. The first-order chi connectivity index (χ1) is 29.2. The van der Waals surface area contributed by atoms with Gasteiger partial charge in [-0.2, -0.15) is 9.97 Å². The summed E-state index contributed by atoms with van der Waals surface area (Å²) in [5, 5.41) is 9.44. The summed E-state index contributed by atoms with van der Waals surface area (Å²) in [6, 6.07) is 59.1. The van der Waals surface area contributed by atoms with E-state index in [0.29, 0.717) is 17.6 Å². The van der Waals surface area contributed by atoms with Crippen molar-refractivity contribution in [3.05, 3.63) is 175 Å². The standard InChI is InChI=1S/C55H43N5/c1-54(2)27-28-55(3,4)46-33-50-41(30-45(46)54)43-32-49-42(31-48(43)59(50)36-20-9-6-10-21-36)40-25-15-16-26-47(40)60(49)53-57-51(34-17-7-5-8-18-34)56-52(58-53)44-29-35-19-11-12-22-37(35)38-23-13-14-24-39(38)44/h5-26,29-33H,27-28H2,1-4H3. The van der Waals surface area contributed by atoms with E-state index in [1.54, 1.807) is 0 Å². The van der Waals surface area contributed by atoms with E-state index >= 15 is 0 Å². The molecule has 0 atom stereocenters. The van der Waals surface area contributed by atoms with Gasteiger partial charge in [-0.05, 0) is 105 Å². The van der Waals surface area contributed by atoms with Gasteiger partial charge in [-0.3, -0.25) is 4.57 Å². The van der Waals surface area contributed by atoms with Crippen LogP contribution >= 0.6 is 0 Å². The Hall–Kier alpha value is -7.11. The highest BCUT2D eigenvalue weighted by molar-refractivity contribution is 6.19. The molecule has 11 aromatic rings. The summed E-state index contributed by atoms with van der Waals surface area (Å²) >= 11 is 0. The van der Waals surface area contributed by atoms with Crippen LogP contribution in [0.25, 0.3) is 99.6 Å². The average Bonchev–Trinajstić information content (AvgIpc) is 3.78. The van der Waals surface area contributed by atoms with E-state index in [-0.39, 0.29) is 10.8 Å². The Morgan fingerprint density at radius 3 is 1.68 bits per heavy atom. The van der Waals surface area contributed by atoms with Crippen LogP contribution in [0.4, 0.5) is 0 Å². The second-order valence-corrected chi connectivity index (χ2v) is 17.9. The van der Waals surface area contributed by atoms with Crippen LogP contribution in [-0.2, 0) is 10.8 Å². The summed E-state index contributed by atoms with van der Waals surface area (Å²) in [6.07, 6.45) is 2.32. The van der Waals surface area contributed by atoms with Crippen LogP contribution in [0.2, 0.25) is 0 Å². The fourth-order valence-electron chi connectivity index (χ4n) is 10.1. The smallest absolute Gasteiger partial charge is 0.238 e. The first-order valence-corrected chi connectivity index (χ1v) is 21.1. The summed E-state index contributed by atoms with van der Waals surface area (Å²) in [5.74, 6) is 1.87. The zero-order valence-electron chi connectivity index (χ0n) is 34.2. The summed E-state index contributed by atoms with van der Waals surface area (Å²) in [5.41, 5.74) is 10.7. The number of aromatic nitrogens is 5. The Kier molecular flexibility index (Phi) is 7.38. The predicted molar refractivity (Wildman–Crippen MR) is 250 cm³/mol. The van der Waals surface area contributed by atoms with Crippen molar-refractivity contribution in [1.29, 1.82) is 0 Å². The molecule has 3 heterocycles. The molecule has 288 valence electrons. The maximum Gasteiger partial charge on any atom is 0.238 e. The van der Waals surface area contributed by atoms with Crippen molar-refractivity contribution in [3.63, 3.8) is 0 Å². The van der Waals surface area contributed by atoms with Gasteiger partial charge >= 0.3 is 0 Å². The highest BCUT2D eigenvalue weighted by Crippen LogP contribution is 2.49. The van der Waals surface area contributed by atoms with Gasteiger partial charge in [-0.1, -0.05) is 143 Å². The summed E-state index contributed by atoms with van der Waals surface area (Å²) < 4.78 is 4.75. The molecule has 1 aliphatic carbocycles. The molecule has 0 amide bonds. The van der Waals surface area contributed by atoms with E-state index in [2.05, 4.69) is 182 Å². The van der Waals surface area contributed by atoms with Gasteiger partial charge in [-0.25, -0.2) is 4.98 Å². The predicted octanol–water partition coefficient (Wildman–Crippen LogP) is 14.1. The second-order valence-electron chi connectivity index (χ2n) is 17.9. The number of para-hydroxylation sites is 2. The number of fused-ring (bicyclic) bond motifs is 10. The summed E-state index contributed by atoms with van der Waals surface area (Å²) in [4.78, 5) is 16.0. The van der Waals surface area contributed by atoms with E-state index in [1.165, 1.54) is 43.7 Å². The van der Waals surface area contributed by atoms with Gasteiger partial charge < -0.3 is 4.57 Å². The van der Waals surface area contributed by atoms with Crippen molar-refractivity contribution in [2.75, 3.05) is 0 Å². The zero-order valence-corrected chi connectivity index (χ0v) is 34.2. The second kappa shape index (κ2) is 12.7. The lowest BCUT2D eigenvalue weighted by Crippen LogP contribution is -2.33. The SMILES string of the molecule is CC1(C)CCC(C)(C)c2cc3c(cc21)c1cc2c(cc1n3-c1ccccc1)c1ccccc1n2-c1nc(-c2ccccc2)nc(-c2cc3ccccc3c3ccccc23)n1. The fraction of sp³-hybridized carbons (Fsp3) is 0.145. The van der Waals surface area contributed by atoms with Crippen molar-refractivity contribution in [2.45, 2.75) is 51.4 Å². The van der Waals surface area contributed by atoms with Crippen LogP contribution in [0, 0.1) is 0 Å². The van der Waals surface area contributed by atoms with Crippen LogP contribution in [0.3, 0.4) is 0 Å². The van der Waals surface area contributed by atoms with E-state index in [0.717, 1.165) is 62.2 Å². The first-order valence-electron chi connectivity index (χ1n) is 21.1. The Labute approximate surface area is 348 Å². The van der Waals surface area contributed by atoms with E-state index in [1.807, 2.05) is 18.2 Å². The van der Waals surface area contributed by atoms with Crippen molar-refractivity contribution in [3.8, 4) is 34.4 Å². The zero-order chi connectivity index (χ0) is 40.3. The maximum atomic E-state index is 5.45. The third-order valence-corrected chi connectivity index (χ3v) is 13.4. The molecule has 0 radical (unpaired) electrons. The van der Waals surface area contributed by atoms with Crippen LogP contribution in [0.1, 0.15) is 51.7 Å². The topological polar surface area (TPSA) is 48.5 Å². The Morgan fingerprint density at radius 1 is 0.400 bits per heavy atom. The largest absolute Gasteiger partial charge is 0.309 e. The third-order valence-electron chi connectivity index (χ3n) is 13.4. The van der Waals surface area contributed by atoms with Crippen LogP contribution < -0.4 is 0 Å². The first kappa shape index (κ1) is 34.9. The molecule has 60 heavy (non-hydrogen) atoms. The molecular weight excluding hydrogens is 731 g/mol. The Bertz CT molecular complexity index is 3540. The lowest BCUT2D eigenvalue weighted by molar-refractivity contribution is 0.332. The Balaban J connectivity index is 1.20. The molecule has 12 rings (SSSR count). The van der Waals surface area contributed by atoms with E-state index < -0.39 is 0 Å². The molecule has 0 N–H and O–H groups in total. The molecule has 0 unspecified atom stereocenters. The van der Waals surface area contributed by atoms with Gasteiger partial charge in [-0.15, -0.1) is 0 Å². The number of benzene rings is 8. The lowest BCUT2D eigenvalue weighted by atomic mass is 9.63. The molecule has 0 aliphatic heterocycles. The molecule has 5 nitrogen and oxygen atoms in total. The molecule has 0 fully saturated rings. The number of hydrogen-bond acceptors (Lipinski definition) is 3. The lowest BCUT2D eigenvalue weighted by Gasteiger charge is -2.42. The number of hydrogen-bond donors (Lipinski definition) is 0. The van der Waals surface area contributed by atoms with Crippen molar-refractivity contribution < 1.29 is 0 Å². The third kappa shape index (κ3) is 5.15. The van der Waals surface area contributed by atoms with Crippen molar-refractivity contribution in [2.24, 2.45) is 0 Å². The van der Waals surface area contributed by atoms with Crippen LogP contribution in [0.5, 0.6) is 0 Å². The highest BCUT2D eigenvalue weighted by Gasteiger charge is 2.38. The van der Waals surface area contributed by atoms with Gasteiger partial charge in [0.15, 0.2) is 11.6 Å². The minimum atomic E-state index is 0.0707. The molecule has 0 saturated heterocycles. The number of rotatable bonds is 4.